The normalized spacial score (nSPS) is 11.2. The van der Waals surface area contributed by atoms with E-state index in [-0.39, 0.29) is 0 Å². The van der Waals surface area contributed by atoms with Crippen LogP contribution >= 0.6 is 0 Å². The minimum absolute atomic E-state index is 0.336. The number of benzene rings is 1. The Morgan fingerprint density at radius 3 is 2.67 bits per heavy atom. The van der Waals surface area contributed by atoms with E-state index in [1.807, 2.05) is 19.1 Å². The van der Waals surface area contributed by atoms with Crippen molar-refractivity contribution < 1.29 is 8.42 Å². The fraction of sp³-hybridized carbons (Fsp3) is 0.462. The van der Waals surface area contributed by atoms with Crippen molar-refractivity contribution in [2.45, 2.75) is 38.0 Å². The van der Waals surface area contributed by atoms with Gasteiger partial charge < -0.3 is 0 Å². The molecule has 1 rings (SSSR count). The van der Waals surface area contributed by atoms with E-state index < -0.39 is 10.0 Å². The fourth-order valence-electron chi connectivity index (χ4n) is 1.61. The van der Waals surface area contributed by atoms with Crippen LogP contribution < -0.4 is 4.72 Å². The molecule has 5 heteroatoms. The van der Waals surface area contributed by atoms with Crippen LogP contribution in [-0.2, 0) is 10.0 Å². The zero-order chi connectivity index (χ0) is 13.6. The van der Waals surface area contributed by atoms with Gasteiger partial charge in [0.05, 0.1) is 11.0 Å². The van der Waals surface area contributed by atoms with Crippen LogP contribution in [0.15, 0.2) is 23.1 Å². The van der Waals surface area contributed by atoms with Crippen molar-refractivity contribution in [1.29, 1.82) is 5.26 Å². The monoisotopic (exact) mass is 266 g/mol. The first-order valence-electron chi connectivity index (χ1n) is 5.91. The van der Waals surface area contributed by atoms with Crippen LogP contribution in [0.3, 0.4) is 0 Å². The summed E-state index contributed by atoms with van der Waals surface area (Å²) in [6, 6.07) is 7.41. The van der Waals surface area contributed by atoms with Crippen LogP contribution in [0.4, 0.5) is 0 Å². The maximum Gasteiger partial charge on any atom is 0.240 e. The van der Waals surface area contributed by atoms with Gasteiger partial charge >= 0.3 is 0 Å². The molecule has 1 N–H and O–H groups in total. The number of sulfonamides is 1. The van der Waals surface area contributed by atoms with Crippen LogP contribution in [0, 0.1) is 25.2 Å². The number of unbranched alkanes of at least 4 members (excludes halogenated alkanes) is 2. The summed E-state index contributed by atoms with van der Waals surface area (Å²) in [5.41, 5.74) is 1.66. The molecule has 1 aromatic rings. The molecule has 0 aliphatic carbocycles. The Bertz CT molecular complexity index is 545. The molecule has 0 saturated carbocycles. The van der Waals surface area contributed by atoms with E-state index in [1.165, 1.54) is 0 Å². The Morgan fingerprint density at radius 2 is 2.00 bits per heavy atom. The Labute approximate surface area is 109 Å². The highest BCUT2D eigenvalue weighted by Crippen LogP contribution is 2.16. The number of rotatable bonds is 6. The van der Waals surface area contributed by atoms with Crippen LogP contribution in [0.1, 0.15) is 30.4 Å². The minimum Gasteiger partial charge on any atom is -0.211 e. The Hall–Kier alpha value is -1.38. The topological polar surface area (TPSA) is 70.0 Å². The van der Waals surface area contributed by atoms with Gasteiger partial charge in [0.1, 0.15) is 0 Å². The number of nitriles is 1. The molecular formula is C13H18N2O2S. The Morgan fingerprint density at radius 1 is 1.28 bits per heavy atom. The van der Waals surface area contributed by atoms with E-state index in [9.17, 15) is 8.42 Å². The predicted octanol–water partition coefficient (Wildman–Crippen LogP) is 2.28. The van der Waals surface area contributed by atoms with Crippen molar-refractivity contribution >= 4 is 10.0 Å². The lowest BCUT2D eigenvalue weighted by Gasteiger charge is -2.09. The molecule has 0 amide bonds. The second-order valence-electron chi connectivity index (χ2n) is 4.28. The zero-order valence-electron chi connectivity index (χ0n) is 10.7. The molecule has 0 bridgehead atoms. The highest BCUT2D eigenvalue weighted by atomic mass is 32.2. The van der Waals surface area contributed by atoms with Gasteiger partial charge in [-0.25, -0.2) is 13.1 Å². The number of hydrogen-bond donors (Lipinski definition) is 1. The third kappa shape index (κ3) is 4.13. The molecule has 0 spiro atoms. The lowest BCUT2D eigenvalue weighted by molar-refractivity contribution is 0.576. The van der Waals surface area contributed by atoms with Gasteiger partial charge in [-0.2, -0.15) is 5.26 Å². The molecular weight excluding hydrogens is 248 g/mol. The number of aryl methyl sites for hydroxylation is 2. The first-order chi connectivity index (χ1) is 8.47. The molecule has 0 aromatic heterocycles. The quantitative estimate of drug-likeness (QED) is 0.803. The molecule has 0 aliphatic heterocycles. The van der Waals surface area contributed by atoms with Crippen LogP contribution in [0.5, 0.6) is 0 Å². The highest BCUT2D eigenvalue weighted by Gasteiger charge is 2.15. The van der Waals surface area contributed by atoms with Crippen LogP contribution in [0.25, 0.3) is 0 Å². The first kappa shape index (κ1) is 14.7. The van der Waals surface area contributed by atoms with E-state index in [0.29, 0.717) is 30.7 Å². The summed E-state index contributed by atoms with van der Waals surface area (Å²) in [4.78, 5) is 0.336. The molecule has 98 valence electrons. The highest BCUT2D eigenvalue weighted by molar-refractivity contribution is 7.89. The fourth-order valence-corrected chi connectivity index (χ4v) is 3.01. The van der Waals surface area contributed by atoms with Gasteiger partial charge in [-0.05, 0) is 43.9 Å². The van der Waals surface area contributed by atoms with Gasteiger partial charge in [0.25, 0.3) is 0 Å². The van der Waals surface area contributed by atoms with Crippen molar-refractivity contribution in [3.8, 4) is 6.07 Å². The maximum atomic E-state index is 12.1. The van der Waals surface area contributed by atoms with E-state index in [0.717, 1.165) is 11.1 Å². The average Bonchev–Trinajstić information content (AvgIpc) is 2.32. The number of nitrogens with one attached hydrogen (secondary N) is 1. The molecule has 0 heterocycles. The number of hydrogen-bond acceptors (Lipinski definition) is 3. The zero-order valence-corrected chi connectivity index (χ0v) is 11.5. The summed E-state index contributed by atoms with van der Waals surface area (Å²) < 4.78 is 26.7. The summed E-state index contributed by atoms with van der Waals surface area (Å²) in [5, 5.41) is 8.38. The first-order valence-corrected chi connectivity index (χ1v) is 7.39. The third-order valence-electron chi connectivity index (χ3n) is 2.64. The molecule has 0 aliphatic rings. The average molecular weight is 266 g/mol. The van der Waals surface area contributed by atoms with Gasteiger partial charge in [-0.1, -0.05) is 12.1 Å². The van der Waals surface area contributed by atoms with Gasteiger partial charge in [0.2, 0.25) is 10.0 Å². The molecule has 18 heavy (non-hydrogen) atoms. The number of nitrogens with zero attached hydrogens (tertiary/aromatic N) is 1. The largest absolute Gasteiger partial charge is 0.240 e. The lowest BCUT2D eigenvalue weighted by atomic mass is 10.2. The van der Waals surface area contributed by atoms with Gasteiger partial charge in [0.15, 0.2) is 0 Å². The molecule has 0 saturated heterocycles. The van der Waals surface area contributed by atoms with Gasteiger partial charge in [0, 0.05) is 13.0 Å². The second kappa shape index (κ2) is 6.53. The van der Waals surface area contributed by atoms with Gasteiger partial charge in [-0.15, -0.1) is 0 Å². The summed E-state index contributed by atoms with van der Waals surface area (Å²) in [6.45, 7) is 4.02. The Balaban J connectivity index is 2.69. The molecule has 0 radical (unpaired) electrons. The van der Waals surface area contributed by atoms with Crippen molar-refractivity contribution in [3.63, 3.8) is 0 Å². The van der Waals surface area contributed by atoms with Gasteiger partial charge in [-0.3, -0.25) is 0 Å². The van der Waals surface area contributed by atoms with Crippen molar-refractivity contribution in [2.24, 2.45) is 0 Å². The Kier molecular flexibility index (Phi) is 5.32. The van der Waals surface area contributed by atoms with E-state index in [2.05, 4.69) is 4.72 Å². The van der Waals surface area contributed by atoms with Crippen molar-refractivity contribution in [2.75, 3.05) is 6.54 Å². The van der Waals surface area contributed by atoms with Crippen molar-refractivity contribution in [1.82, 2.24) is 4.72 Å². The lowest BCUT2D eigenvalue weighted by Crippen LogP contribution is -2.25. The summed E-state index contributed by atoms with van der Waals surface area (Å²) in [5.74, 6) is 0. The predicted molar refractivity (Wildman–Crippen MR) is 70.6 cm³/mol. The SMILES string of the molecule is Cc1ccc(C)c(S(=O)(=O)NCCCCC#N)c1. The second-order valence-corrected chi connectivity index (χ2v) is 6.02. The molecule has 4 nitrogen and oxygen atoms in total. The molecule has 0 fully saturated rings. The molecule has 0 atom stereocenters. The molecule has 0 unspecified atom stereocenters. The third-order valence-corrected chi connectivity index (χ3v) is 4.24. The van der Waals surface area contributed by atoms with Crippen molar-refractivity contribution in [3.05, 3.63) is 29.3 Å². The summed E-state index contributed by atoms with van der Waals surface area (Å²) in [6.07, 6.45) is 1.86. The van der Waals surface area contributed by atoms with Crippen LogP contribution in [0.2, 0.25) is 0 Å². The van der Waals surface area contributed by atoms with E-state index in [4.69, 9.17) is 5.26 Å². The maximum absolute atomic E-state index is 12.1. The van der Waals surface area contributed by atoms with E-state index >= 15 is 0 Å². The minimum atomic E-state index is -3.43. The summed E-state index contributed by atoms with van der Waals surface area (Å²) in [7, 11) is -3.43. The van der Waals surface area contributed by atoms with E-state index in [1.54, 1.807) is 19.1 Å². The summed E-state index contributed by atoms with van der Waals surface area (Å²) >= 11 is 0. The standard InChI is InChI=1S/C13H18N2O2S/c1-11-6-7-12(2)13(10-11)18(16,17)15-9-5-3-4-8-14/h6-7,10,15H,3-5,9H2,1-2H3. The smallest absolute Gasteiger partial charge is 0.211 e. The van der Waals surface area contributed by atoms with Crippen LogP contribution in [-0.4, -0.2) is 15.0 Å². The molecule has 1 aromatic carbocycles.